The molecule has 0 radical (unpaired) electrons. The maximum atomic E-state index is 2.42. The lowest BCUT2D eigenvalue weighted by Crippen LogP contribution is -2.11. The van der Waals surface area contributed by atoms with E-state index in [0.717, 1.165) is 28.3 Å². The Morgan fingerprint density at radius 2 is 0.839 bits per heavy atom. The zero-order valence-corrected chi connectivity index (χ0v) is 34.0. The number of nitrogens with zero attached hydrogens (tertiary/aromatic N) is 2. The quantitative estimate of drug-likeness (QED) is 0.146. The van der Waals surface area contributed by atoms with Crippen molar-refractivity contribution >= 4 is 71.2 Å². The predicted octanol–water partition coefficient (Wildman–Crippen LogP) is 16.7. The van der Waals surface area contributed by atoms with Gasteiger partial charge in [-0.2, -0.15) is 0 Å². The normalized spacial score (nSPS) is 11.5. The highest BCUT2D eigenvalue weighted by Crippen LogP contribution is 2.45. The van der Waals surface area contributed by atoms with Gasteiger partial charge in [-0.25, -0.2) is 0 Å². The van der Waals surface area contributed by atoms with Crippen molar-refractivity contribution in [2.45, 2.75) is 0 Å². The number of rotatable bonds is 7. The molecule has 62 heavy (non-hydrogen) atoms. The first-order chi connectivity index (χ1) is 30.8. The molecule has 12 aromatic rings. The van der Waals surface area contributed by atoms with Crippen LogP contribution in [0.25, 0.3) is 93.2 Å². The summed E-state index contributed by atoms with van der Waals surface area (Å²) in [6.07, 6.45) is 0. The Bertz CT molecular complexity index is 3580. The summed E-state index contributed by atoms with van der Waals surface area (Å²) >= 11 is 0. The van der Waals surface area contributed by atoms with Gasteiger partial charge >= 0.3 is 0 Å². The van der Waals surface area contributed by atoms with Gasteiger partial charge in [-0.3, -0.25) is 0 Å². The molecule has 12 rings (SSSR count). The largest absolute Gasteiger partial charge is 0.310 e. The molecule has 2 heteroatoms. The van der Waals surface area contributed by atoms with Crippen LogP contribution in [-0.2, 0) is 0 Å². The Balaban J connectivity index is 1.03. The lowest BCUT2D eigenvalue weighted by Gasteiger charge is -2.28. The zero-order chi connectivity index (χ0) is 41.0. The van der Waals surface area contributed by atoms with Crippen molar-refractivity contribution in [3.63, 3.8) is 0 Å². The molecule has 1 heterocycles. The summed E-state index contributed by atoms with van der Waals surface area (Å²) in [5, 5.41) is 10.1. The average molecular weight is 789 g/mol. The summed E-state index contributed by atoms with van der Waals surface area (Å²) in [7, 11) is 0. The molecule has 0 aliphatic heterocycles. The Labute approximate surface area is 360 Å². The third-order valence-corrected chi connectivity index (χ3v) is 12.6. The van der Waals surface area contributed by atoms with Crippen LogP contribution in [0.15, 0.2) is 243 Å². The Morgan fingerprint density at radius 1 is 0.274 bits per heavy atom. The summed E-state index contributed by atoms with van der Waals surface area (Å²) in [5.74, 6) is 0. The number of anilines is 3. The van der Waals surface area contributed by atoms with Gasteiger partial charge in [0.1, 0.15) is 0 Å². The van der Waals surface area contributed by atoms with Crippen molar-refractivity contribution < 1.29 is 0 Å². The van der Waals surface area contributed by atoms with Gasteiger partial charge < -0.3 is 9.47 Å². The monoisotopic (exact) mass is 788 g/mol. The second kappa shape index (κ2) is 14.8. The van der Waals surface area contributed by atoms with Crippen LogP contribution in [0.2, 0.25) is 0 Å². The minimum Gasteiger partial charge on any atom is -0.310 e. The minimum absolute atomic E-state index is 1.08. The number of hydrogen-bond donors (Lipinski definition) is 0. The van der Waals surface area contributed by atoms with Crippen LogP contribution in [0.3, 0.4) is 0 Å². The Kier molecular flexibility index (Phi) is 8.53. The molecule has 0 atom stereocenters. The number of hydrogen-bond acceptors (Lipinski definition) is 1. The molecule has 0 aliphatic rings. The number of fused-ring (bicyclic) bond motifs is 8. The van der Waals surface area contributed by atoms with Crippen LogP contribution in [0, 0.1) is 0 Å². The molecule has 0 N–H and O–H groups in total. The Morgan fingerprint density at radius 3 is 1.61 bits per heavy atom. The average Bonchev–Trinajstić information content (AvgIpc) is 3.69. The lowest BCUT2D eigenvalue weighted by molar-refractivity contribution is 1.18. The van der Waals surface area contributed by atoms with E-state index >= 15 is 0 Å². The van der Waals surface area contributed by atoms with Gasteiger partial charge in [-0.15, -0.1) is 0 Å². The predicted molar refractivity (Wildman–Crippen MR) is 264 cm³/mol. The fourth-order valence-corrected chi connectivity index (χ4v) is 9.75. The molecule has 290 valence electrons. The van der Waals surface area contributed by atoms with E-state index in [1.165, 1.54) is 81.9 Å². The van der Waals surface area contributed by atoms with E-state index in [4.69, 9.17) is 0 Å². The first-order valence-electron chi connectivity index (χ1n) is 21.3. The van der Waals surface area contributed by atoms with Gasteiger partial charge in [0.2, 0.25) is 0 Å². The molecular weight excluding hydrogens is 749 g/mol. The fraction of sp³-hybridized carbons (Fsp3) is 0. The van der Waals surface area contributed by atoms with Crippen LogP contribution in [-0.4, -0.2) is 4.57 Å². The molecule has 0 fully saturated rings. The molecule has 11 aromatic carbocycles. The molecule has 0 amide bonds. The number of benzene rings is 11. The van der Waals surface area contributed by atoms with Crippen LogP contribution in [0.1, 0.15) is 0 Å². The standard InChI is InChI=1S/C60H40N2/c1-2-17-41(18-3-1)48-23-8-12-29-57(48)61(46-21-16-20-44(39-46)55-40-56-47-22-5-4-19-42(47)35-38-52(56)50-25-6-7-26-51(50)55)45-36-33-43(34-37-45)49-24-9-13-30-58(49)62-59-31-14-10-27-53(59)54-28-11-15-32-60(54)62/h1-40H. The van der Waals surface area contributed by atoms with Crippen molar-refractivity contribution in [1.29, 1.82) is 0 Å². The molecule has 0 spiro atoms. The molecule has 1 aromatic heterocycles. The molecule has 0 unspecified atom stereocenters. The molecule has 0 aliphatic carbocycles. The van der Waals surface area contributed by atoms with Crippen LogP contribution < -0.4 is 4.90 Å². The summed E-state index contributed by atoms with van der Waals surface area (Å²) in [4.78, 5) is 2.42. The second-order valence-electron chi connectivity index (χ2n) is 16.1. The summed E-state index contributed by atoms with van der Waals surface area (Å²) in [6, 6.07) is 88.5. The van der Waals surface area contributed by atoms with Gasteiger partial charge in [0.05, 0.1) is 22.4 Å². The van der Waals surface area contributed by atoms with Crippen molar-refractivity contribution in [3.8, 4) is 39.1 Å². The highest BCUT2D eigenvalue weighted by atomic mass is 15.1. The molecule has 0 saturated heterocycles. The minimum atomic E-state index is 1.08. The van der Waals surface area contributed by atoms with Crippen molar-refractivity contribution in [2.24, 2.45) is 0 Å². The van der Waals surface area contributed by atoms with E-state index in [1.54, 1.807) is 0 Å². The lowest BCUT2D eigenvalue weighted by atomic mass is 9.90. The molecule has 0 saturated carbocycles. The number of aromatic nitrogens is 1. The number of para-hydroxylation sites is 4. The highest BCUT2D eigenvalue weighted by molar-refractivity contribution is 6.21. The van der Waals surface area contributed by atoms with Crippen molar-refractivity contribution in [3.05, 3.63) is 243 Å². The van der Waals surface area contributed by atoms with Crippen molar-refractivity contribution in [2.75, 3.05) is 4.90 Å². The molecule has 0 bridgehead atoms. The third-order valence-electron chi connectivity index (χ3n) is 12.6. The summed E-state index contributed by atoms with van der Waals surface area (Å²) < 4.78 is 2.42. The third kappa shape index (κ3) is 5.88. The molecular formula is C60H40N2. The maximum absolute atomic E-state index is 2.42. The topological polar surface area (TPSA) is 8.17 Å². The van der Waals surface area contributed by atoms with Crippen LogP contribution >= 0.6 is 0 Å². The van der Waals surface area contributed by atoms with Gasteiger partial charge in [-0.1, -0.05) is 188 Å². The highest BCUT2D eigenvalue weighted by Gasteiger charge is 2.20. The first kappa shape index (κ1) is 35.7. The van der Waals surface area contributed by atoms with Gasteiger partial charge in [0.25, 0.3) is 0 Å². The molecule has 2 nitrogen and oxygen atoms in total. The van der Waals surface area contributed by atoms with Gasteiger partial charge in [0.15, 0.2) is 0 Å². The Hall–Kier alpha value is -8.20. The summed E-state index contributed by atoms with van der Waals surface area (Å²) in [6.45, 7) is 0. The SMILES string of the molecule is c1ccc(-c2ccccc2N(c2ccc(-c3ccccc3-n3c4ccccc4c4ccccc43)cc2)c2cccc(-c3cc4c5ccccc5ccc4c4ccccc34)c2)cc1. The fourth-order valence-electron chi connectivity index (χ4n) is 9.75. The first-order valence-corrected chi connectivity index (χ1v) is 21.3. The smallest absolute Gasteiger partial charge is 0.0541 e. The zero-order valence-electron chi connectivity index (χ0n) is 34.0. The van der Waals surface area contributed by atoms with Crippen LogP contribution in [0.4, 0.5) is 17.1 Å². The van der Waals surface area contributed by atoms with E-state index in [2.05, 4.69) is 252 Å². The van der Waals surface area contributed by atoms with E-state index < -0.39 is 0 Å². The van der Waals surface area contributed by atoms with Crippen LogP contribution in [0.5, 0.6) is 0 Å². The van der Waals surface area contributed by atoms with E-state index in [9.17, 15) is 0 Å². The van der Waals surface area contributed by atoms with Crippen molar-refractivity contribution in [1.82, 2.24) is 4.57 Å². The van der Waals surface area contributed by atoms with E-state index in [-0.39, 0.29) is 0 Å². The second-order valence-corrected chi connectivity index (χ2v) is 16.1. The maximum Gasteiger partial charge on any atom is 0.0541 e. The van der Waals surface area contributed by atoms with Gasteiger partial charge in [-0.05, 0) is 109 Å². The summed E-state index contributed by atoms with van der Waals surface area (Å²) in [5.41, 5.74) is 13.9. The van der Waals surface area contributed by atoms with Gasteiger partial charge in [0, 0.05) is 33.3 Å². The van der Waals surface area contributed by atoms with E-state index in [1.807, 2.05) is 0 Å². The van der Waals surface area contributed by atoms with E-state index in [0.29, 0.717) is 0 Å².